The number of hydrogen-bond acceptors (Lipinski definition) is 18. The average molecular weight is 939 g/mol. The lowest BCUT2D eigenvalue weighted by atomic mass is 9.87. The van der Waals surface area contributed by atoms with Gasteiger partial charge >= 0.3 is 12.0 Å². The molecule has 13 unspecified atom stereocenters. The van der Waals surface area contributed by atoms with Gasteiger partial charge in [0.25, 0.3) is 0 Å². The Hall–Kier alpha value is -3.68. The number of aliphatic hydroxyl groups excluding tert-OH is 9. The zero-order valence-corrected chi connectivity index (χ0v) is 37.8. The third kappa shape index (κ3) is 19.9. The van der Waals surface area contributed by atoms with E-state index in [-0.39, 0.29) is 38.0 Å². The molecule has 0 radical (unpaired) electrons. The second-order valence-electron chi connectivity index (χ2n) is 17.3. The van der Waals surface area contributed by atoms with Crippen molar-refractivity contribution in [2.75, 3.05) is 7.05 Å². The predicted molar refractivity (Wildman–Crippen MR) is 241 cm³/mol. The fourth-order valence-electron chi connectivity index (χ4n) is 7.68. The Morgan fingerprint density at radius 2 is 1.29 bits per heavy atom. The molecule has 2 bridgehead atoms. The number of amides is 2. The molecule has 20 nitrogen and oxygen atoms in total. The molecule has 0 spiro atoms. The first-order valence-corrected chi connectivity index (χ1v) is 22.4. The third-order valence-corrected chi connectivity index (χ3v) is 11.4. The monoisotopic (exact) mass is 939 g/mol. The van der Waals surface area contributed by atoms with Crippen molar-refractivity contribution in [2.24, 2.45) is 17.4 Å². The van der Waals surface area contributed by atoms with Gasteiger partial charge in [0.15, 0.2) is 12.1 Å². The van der Waals surface area contributed by atoms with Crippen LogP contribution in [0.15, 0.2) is 85.1 Å². The van der Waals surface area contributed by atoms with Crippen molar-refractivity contribution in [2.45, 2.75) is 175 Å². The number of aliphatic hydroxyl groups is 10. The summed E-state index contributed by atoms with van der Waals surface area (Å²) in [7, 11) is 1.36. The lowest BCUT2D eigenvalue weighted by Crippen LogP contribution is -2.65. The quantitative estimate of drug-likeness (QED) is 0.150. The van der Waals surface area contributed by atoms with Crippen LogP contribution in [0.1, 0.15) is 71.6 Å². The zero-order chi connectivity index (χ0) is 49.0. The van der Waals surface area contributed by atoms with E-state index in [4.69, 9.17) is 30.4 Å². The van der Waals surface area contributed by atoms with Crippen LogP contribution in [0.3, 0.4) is 0 Å². The number of rotatable bonds is 3. The minimum Gasteiger partial charge on any atom is -0.462 e. The molecule has 3 rings (SSSR count). The van der Waals surface area contributed by atoms with Gasteiger partial charge in [0.2, 0.25) is 0 Å². The highest BCUT2D eigenvalue weighted by Gasteiger charge is 2.49. The van der Waals surface area contributed by atoms with Gasteiger partial charge in [0.1, 0.15) is 24.5 Å². The van der Waals surface area contributed by atoms with Crippen LogP contribution in [0, 0.1) is 5.92 Å². The molecule has 18 atom stereocenters. The van der Waals surface area contributed by atoms with Crippen molar-refractivity contribution in [3.05, 3.63) is 85.1 Å². The number of hydrogen-bond donors (Lipinski definition) is 14. The van der Waals surface area contributed by atoms with E-state index in [1.165, 1.54) is 7.05 Å². The number of ether oxygens (including phenoxy) is 4. The highest BCUT2D eigenvalue weighted by molar-refractivity contribution is 5.74. The number of nitrogens with one attached hydrogen (secondary N) is 2. The molecule has 3 aliphatic heterocycles. The van der Waals surface area contributed by atoms with Gasteiger partial charge in [-0.2, -0.15) is 0 Å². The maximum Gasteiger partial charge on any atom is 0.314 e. The van der Waals surface area contributed by atoms with Gasteiger partial charge < -0.3 is 92.1 Å². The molecule has 0 saturated carbocycles. The van der Waals surface area contributed by atoms with Crippen LogP contribution in [0.2, 0.25) is 0 Å². The third-order valence-electron chi connectivity index (χ3n) is 11.4. The summed E-state index contributed by atoms with van der Waals surface area (Å²) < 4.78 is 23.1. The van der Waals surface area contributed by atoms with Gasteiger partial charge in [0, 0.05) is 45.1 Å². The molecular weight excluding hydrogens is 865 g/mol. The molecular formula is C46H74N4O16. The van der Waals surface area contributed by atoms with Crippen LogP contribution in [0.25, 0.3) is 0 Å². The normalized spacial score (nSPS) is 43.7. The van der Waals surface area contributed by atoms with E-state index < -0.39 is 141 Å². The second kappa shape index (κ2) is 28.6. The van der Waals surface area contributed by atoms with Crippen LogP contribution in [0.5, 0.6) is 0 Å². The average Bonchev–Trinajstić information content (AvgIpc) is 3.23. The molecule has 374 valence electrons. The van der Waals surface area contributed by atoms with Crippen molar-refractivity contribution in [3.8, 4) is 0 Å². The first-order chi connectivity index (χ1) is 31.2. The van der Waals surface area contributed by atoms with Crippen molar-refractivity contribution in [1.29, 1.82) is 0 Å². The predicted octanol–water partition coefficient (Wildman–Crippen LogP) is -1.04. The zero-order valence-electron chi connectivity index (χ0n) is 37.8. The van der Waals surface area contributed by atoms with Crippen LogP contribution >= 0.6 is 0 Å². The molecule has 0 aromatic rings. The molecule has 0 aromatic carbocycles. The number of carbonyl (C=O) groups excluding carboxylic acids is 2. The largest absolute Gasteiger partial charge is 0.462 e. The highest BCUT2D eigenvalue weighted by atomic mass is 16.7. The van der Waals surface area contributed by atoms with E-state index in [1.807, 2.05) is 25.2 Å². The molecule has 3 aliphatic rings. The molecule has 66 heavy (non-hydrogen) atoms. The van der Waals surface area contributed by atoms with Gasteiger partial charge in [-0.1, -0.05) is 92.0 Å². The smallest absolute Gasteiger partial charge is 0.314 e. The van der Waals surface area contributed by atoms with Crippen LogP contribution < -0.4 is 22.1 Å². The Bertz CT molecular complexity index is 1680. The van der Waals surface area contributed by atoms with Crippen molar-refractivity contribution >= 4 is 12.0 Å². The topological polar surface area (TPSA) is 349 Å². The summed E-state index contributed by atoms with van der Waals surface area (Å²) in [4.78, 5) is 25.0. The number of urea groups is 1. The van der Waals surface area contributed by atoms with E-state index >= 15 is 0 Å². The van der Waals surface area contributed by atoms with Gasteiger partial charge in [-0.15, -0.1) is 0 Å². The SMILES string of the molecule is CNC(=O)NC1[C@@H]2CC(O[C@H]3OC(N)C(O)C(N)C3O)\C=C/C=C\C=C/C=C\C=C/C=C\C=C/[C@H](C)C(O)C[C@H](C)OC(=O)CC(O)CC(O)CCC(O)C(O)CC(O)CC(O)(C[C@@H]1O)O2. The minimum absolute atomic E-state index is 0.0941. The molecule has 0 aromatic heterocycles. The molecule has 2 fully saturated rings. The molecule has 0 aliphatic carbocycles. The lowest BCUT2D eigenvalue weighted by molar-refractivity contribution is -0.303. The van der Waals surface area contributed by atoms with Crippen molar-refractivity contribution in [3.63, 3.8) is 0 Å². The summed E-state index contributed by atoms with van der Waals surface area (Å²) in [6.07, 6.45) is 3.99. The Labute approximate surface area is 386 Å². The number of nitrogens with two attached hydrogens (primary N) is 2. The molecule has 20 heteroatoms. The maximum atomic E-state index is 12.5. The number of esters is 1. The standard InChI is InChI=1S/C46H74N4O16/c1-27-16-14-12-10-8-6-4-5-7-9-11-13-15-17-32(64-44-42(60)39(47)41(59)43(48)65-44)24-37-40(50-45(61)49-3)36(57)26-46(62,66-37)25-31(53)22-35(56)33(54)19-18-29(51)21-30(52)23-38(58)63-28(2)20-34(27)55/h4-17,27-37,39-44,51-57,59-60,62H,18-26,47-48H2,1-3H3,(H2,49,50,61)/b5-4-,8-6-,9-7-,12-10-,13-11-,16-14-,17-15-/t27-,28-,29?,30?,31?,32?,33?,34?,35?,36-,37-,39?,40?,41?,42?,43?,44-,46?/m0/s1. The molecule has 3 heterocycles. The van der Waals surface area contributed by atoms with E-state index in [2.05, 4.69) is 10.6 Å². The summed E-state index contributed by atoms with van der Waals surface area (Å²) in [5.41, 5.74) is 11.9. The highest BCUT2D eigenvalue weighted by Crippen LogP contribution is 2.35. The van der Waals surface area contributed by atoms with E-state index in [9.17, 15) is 60.7 Å². The second-order valence-corrected chi connectivity index (χ2v) is 17.3. The van der Waals surface area contributed by atoms with E-state index in [0.29, 0.717) is 0 Å². The molecule has 2 amide bonds. The number of allylic oxidation sites excluding steroid dienone is 12. The first kappa shape index (κ1) is 56.6. The van der Waals surface area contributed by atoms with Crippen molar-refractivity contribution < 1.29 is 79.6 Å². The van der Waals surface area contributed by atoms with Crippen LogP contribution in [0.4, 0.5) is 4.79 Å². The molecule has 2 saturated heterocycles. The van der Waals surface area contributed by atoms with E-state index in [0.717, 1.165) is 0 Å². The fourth-order valence-corrected chi connectivity index (χ4v) is 7.68. The van der Waals surface area contributed by atoms with Gasteiger partial charge in [-0.05, 0) is 26.2 Å². The fraction of sp³-hybridized carbons (Fsp3) is 0.652. The summed E-state index contributed by atoms with van der Waals surface area (Å²) >= 11 is 0. The first-order valence-electron chi connectivity index (χ1n) is 22.4. The maximum absolute atomic E-state index is 12.5. The number of fused-ring (bicyclic) bond motifs is 2. The summed E-state index contributed by atoms with van der Waals surface area (Å²) in [5.74, 6) is -3.23. The summed E-state index contributed by atoms with van der Waals surface area (Å²) in [5, 5.41) is 113. The Kier molecular flexibility index (Phi) is 24.5. The van der Waals surface area contributed by atoms with Crippen molar-refractivity contribution in [1.82, 2.24) is 10.6 Å². The Morgan fingerprint density at radius 3 is 1.89 bits per heavy atom. The number of cyclic esters (lactones) is 1. The van der Waals surface area contributed by atoms with Gasteiger partial charge in [0.05, 0.1) is 73.4 Å². The van der Waals surface area contributed by atoms with E-state index in [1.54, 1.807) is 73.8 Å². The Balaban J connectivity index is 1.88. The van der Waals surface area contributed by atoms with Gasteiger partial charge in [-0.3, -0.25) is 4.79 Å². The molecule has 16 N–H and O–H groups in total. The number of carbonyl (C=O) groups is 2. The Morgan fingerprint density at radius 1 is 0.697 bits per heavy atom. The minimum atomic E-state index is -2.25. The summed E-state index contributed by atoms with van der Waals surface area (Å²) in [6.45, 7) is 3.45. The summed E-state index contributed by atoms with van der Waals surface area (Å²) in [6, 6.07) is -3.09. The lowest BCUT2D eigenvalue weighted by Gasteiger charge is -2.46. The van der Waals surface area contributed by atoms with Gasteiger partial charge in [-0.25, -0.2) is 4.79 Å². The van der Waals surface area contributed by atoms with Crippen LogP contribution in [-0.4, -0.2) is 174 Å². The van der Waals surface area contributed by atoms with Crippen LogP contribution in [-0.2, 0) is 23.7 Å².